The summed E-state index contributed by atoms with van der Waals surface area (Å²) in [7, 11) is 0. The van der Waals surface area contributed by atoms with Gasteiger partial charge in [0, 0.05) is 19.6 Å². The molecule has 0 spiro atoms. The van der Waals surface area contributed by atoms with E-state index in [1.165, 1.54) is 0 Å². The van der Waals surface area contributed by atoms with E-state index in [0.717, 1.165) is 24.5 Å². The van der Waals surface area contributed by atoms with Gasteiger partial charge in [-0.2, -0.15) is 0 Å². The molecule has 1 aliphatic heterocycles. The molecule has 1 aliphatic rings. The van der Waals surface area contributed by atoms with Crippen LogP contribution < -0.4 is 10.1 Å². The number of morpholine rings is 1. The highest BCUT2D eigenvalue weighted by Crippen LogP contribution is 2.19. The third-order valence-electron chi connectivity index (χ3n) is 4.90. The van der Waals surface area contributed by atoms with Crippen LogP contribution in [-0.2, 0) is 11.2 Å². The van der Waals surface area contributed by atoms with Crippen LogP contribution in [0.3, 0.4) is 0 Å². The number of hydrogen-bond donors (Lipinski definition) is 2. The van der Waals surface area contributed by atoms with E-state index in [2.05, 4.69) is 20.5 Å². The second-order valence-corrected chi connectivity index (χ2v) is 7.58. The molecule has 3 rings (SSSR count). The molecule has 1 aromatic carbocycles. The van der Waals surface area contributed by atoms with Gasteiger partial charge in [0.15, 0.2) is 5.69 Å². The van der Waals surface area contributed by atoms with Gasteiger partial charge in [0.2, 0.25) is 0 Å². The molecule has 1 unspecified atom stereocenters. The van der Waals surface area contributed by atoms with Gasteiger partial charge in [-0.05, 0) is 44.5 Å². The Morgan fingerprint density at radius 1 is 1.27 bits per heavy atom. The molecular formula is C21H31N5O4. The summed E-state index contributed by atoms with van der Waals surface area (Å²) < 4.78 is 12.7. The molecule has 9 nitrogen and oxygen atoms in total. The van der Waals surface area contributed by atoms with Gasteiger partial charge in [-0.15, -0.1) is 5.10 Å². The predicted molar refractivity (Wildman–Crippen MR) is 112 cm³/mol. The number of aliphatic hydroxyl groups excluding tert-OH is 1. The van der Waals surface area contributed by atoms with Gasteiger partial charge in [-0.3, -0.25) is 9.69 Å². The highest BCUT2D eigenvalue weighted by Gasteiger charge is 2.23. The first-order valence-corrected chi connectivity index (χ1v) is 10.4. The molecule has 2 heterocycles. The van der Waals surface area contributed by atoms with Crippen molar-refractivity contribution in [1.82, 2.24) is 25.2 Å². The van der Waals surface area contributed by atoms with Crippen molar-refractivity contribution in [2.45, 2.75) is 39.3 Å². The largest absolute Gasteiger partial charge is 0.491 e. The second kappa shape index (κ2) is 10.5. The van der Waals surface area contributed by atoms with Crippen LogP contribution in [0.5, 0.6) is 5.75 Å². The van der Waals surface area contributed by atoms with Crippen molar-refractivity contribution in [2.24, 2.45) is 0 Å². The molecule has 0 bridgehead atoms. The number of aromatic nitrogens is 3. The van der Waals surface area contributed by atoms with Crippen LogP contribution in [0.15, 0.2) is 24.3 Å². The summed E-state index contributed by atoms with van der Waals surface area (Å²) in [6.07, 6.45) is 0.688. The standard InChI is InChI=1S/C21H31N5O4/c1-4-19-20(21(28)22-16(14-27)13-25-9-11-29-12-10-25)23-24-26(19)17-5-7-18(8-6-17)30-15(2)3/h5-8,15-16,27H,4,9-14H2,1-3H3,(H,22,28). The van der Waals surface area contributed by atoms with E-state index in [1.54, 1.807) is 4.68 Å². The quantitative estimate of drug-likeness (QED) is 0.629. The Morgan fingerprint density at radius 3 is 2.57 bits per heavy atom. The SMILES string of the molecule is CCc1c(C(=O)NC(CO)CN2CCOCC2)nnn1-c1ccc(OC(C)C)cc1. The molecule has 1 amide bonds. The number of benzene rings is 1. The zero-order valence-electron chi connectivity index (χ0n) is 17.9. The van der Waals surface area contributed by atoms with Crippen LogP contribution in [0.4, 0.5) is 0 Å². The summed E-state index contributed by atoms with van der Waals surface area (Å²) in [6.45, 7) is 9.25. The fourth-order valence-corrected chi connectivity index (χ4v) is 3.44. The summed E-state index contributed by atoms with van der Waals surface area (Å²) >= 11 is 0. The maximum absolute atomic E-state index is 12.9. The molecule has 1 aromatic heterocycles. The van der Waals surface area contributed by atoms with Crippen molar-refractivity contribution in [3.63, 3.8) is 0 Å². The van der Waals surface area contributed by atoms with Crippen molar-refractivity contribution in [3.05, 3.63) is 35.7 Å². The molecule has 164 valence electrons. The first-order chi connectivity index (χ1) is 14.5. The van der Waals surface area contributed by atoms with Crippen LogP contribution in [-0.4, -0.2) is 82.5 Å². The third-order valence-corrected chi connectivity index (χ3v) is 4.90. The highest BCUT2D eigenvalue weighted by atomic mass is 16.5. The van der Waals surface area contributed by atoms with Gasteiger partial charge in [-0.25, -0.2) is 4.68 Å². The molecule has 2 aromatic rings. The lowest BCUT2D eigenvalue weighted by atomic mass is 10.2. The summed E-state index contributed by atoms with van der Waals surface area (Å²) in [6, 6.07) is 7.16. The second-order valence-electron chi connectivity index (χ2n) is 7.58. The minimum absolute atomic E-state index is 0.0978. The van der Waals surface area contributed by atoms with Crippen LogP contribution in [0.1, 0.15) is 37.0 Å². The van der Waals surface area contributed by atoms with Crippen molar-refractivity contribution in [1.29, 1.82) is 0 Å². The molecule has 1 atom stereocenters. The zero-order chi connectivity index (χ0) is 21.5. The maximum atomic E-state index is 12.9. The van der Waals surface area contributed by atoms with E-state index in [-0.39, 0.29) is 30.4 Å². The molecule has 0 saturated carbocycles. The van der Waals surface area contributed by atoms with Crippen LogP contribution in [0.2, 0.25) is 0 Å². The van der Waals surface area contributed by atoms with Crippen molar-refractivity contribution >= 4 is 5.91 Å². The molecule has 9 heteroatoms. The van der Waals surface area contributed by atoms with Gasteiger partial charge in [0.05, 0.1) is 43.3 Å². The molecule has 1 saturated heterocycles. The Hall–Kier alpha value is -2.49. The number of carbonyl (C=O) groups is 1. The first-order valence-electron chi connectivity index (χ1n) is 10.4. The number of carbonyl (C=O) groups excluding carboxylic acids is 1. The zero-order valence-corrected chi connectivity index (χ0v) is 17.9. The van der Waals surface area contributed by atoms with Gasteiger partial charge >= 0.3 is 0 Å². The van der Waals surface area contributed by atoms with Gasteiger partial charge in [0.25, 0.3) is 5.91 Å². The Kier molecular flexibility index (Phi) is 7.78. The third kappa shape index (κ3) is 5.56. The number of aliphatic hydroxyl groups is 1. The lowest BCUT2D eigenvalue weighted by Crippen LogP contribution is -2.49. The lowest BCUT2D eigenvalue weighted by Gasteiger charge is -2.30. The Morgan fingerprint density at radius 2 is 1.97 bits per heavy atom. The van der Waals surface area contributed by atoms with E-state index < -0.39 is 0 Å². The summed E-state index contributed by atoms with van der Waals surface area (Å²) in [5.74, 6) is 0.448. The van der Waals surface area contributed by atoms with E-state index in [4.69, 9.17) is 9.47 Å². The van der Waals surface area contributed by atoms with E-state index in [0.29, 0.717) is 31.9 Å². The number of rotatable bonds is 9. The van der Waals surface area contributed by atoms with Crippen LogP contribution in [0.25, 0.3) is 5.69 Å². The average molecular weight is 418 g/mol. The van der Waals surface area contributed by atoms with Crippen molar-refractivity contribution < 1.29 is 19.4 Å². The number of amides is 1. The Bertz CT molecular complexity index is 815. The van der Waals surface area contributed by atoms with E-state index >= 15 is 0 Å². The minimum Gasteiger partial charge on any atom is -0.491 e. The van der Waals surface area contributed by atoms with Crippen LogP contribution in [0, 0.1) is 0 Å². The fourth-order valence-electron chi connectivity index (χ4n) is 3.44. The van der Waals surface area contributed by atoms with E-state index in [1.807, 2.05) is 45.0 Å². The smallest absolute Gasteiger partial charge is 0.274 e. The monoisotopic (exact) mass is 417 g/mol. The molecule has 1 fully saturated rings. The topological polar surface area (TPSA) is 102 Å². The fraction of sp³-hybridized carbons (Fsp3) is 0.571. The minimum atomic E-state index is -0.377. The van der Waals surface area contributed by atoms with Crippen molar-refractivity contribution in [2.75, 3.05) is 39.5 Å². The molecular weight excluding hydrogens is 386 g/mol. The maximum Gasteiger partial charge on any atom is 0.274 e. The average Bonchev–Trinajstić information content (AvgIpc) is 3.18. The highest BCUT2D eigenvalue weighted by molar-refractivity contribution is 5.93. The molecule has 30 heavy (non-hydrogen) atoms. The Labute approximate surface area is 177 Å². The van der Waals surface area contributed by atoms with Gasteiger partial charge in [0.1, 0.15) is 5.75 Å². The first kappa shape index (κ1) is 22.2. The van der Waals surface area contributed by atoms with E-state index in [9.17, 15) is 9.90 Å². The normalized spacial score (nSPS) is 15.9. The predicted octanol–water partition coefficient (Wildman–Crippen LogP) is 1.04. The lowest BCUT2D eigenvalue weighted by molar-refractivity contribution is 0.0296. The molecule has 0 radical (unpaired) electrons. The molecule has 2 N–H and O–H groups in total. The Balaban J connectivity index is 1.71. The summed E-state index contributed by atoms with van der Waals surface area (Å²) in [4.78, 5) is 15.0. The summed E-state index contributed by atoms with van der Waals surface area (Å²) in [5.41, 5.74) is 1.80. The number of nitrogens with one attached hydrogen (secondary N) is 1. The number of hydrogen-bond acceptors (Lipinski definition) is 7. The summed E-state index contributed by atoms with van der Waals surface area (Å²) in [5, 5.41) is 20.9. The van der Waals surface area contributed by atoms with Crippen molar-refractivity contribution in [3.8, 4) is 11.4 Å². The number of ether oxygens (including phenoxy) is 2. The van der Waals surface area contributed by atoms with Crippen LogP contribution >= 0.6 is 0 Å². The van der Waals surface area contributed by atoms with Gasteiger partial charge in [-0.1, -0.05) is 12.1 Å². The van der Waals surface area contributed by atoms with Gasteiger partial charge < -0.3 is 19.9 Å². The molecule has 0 aliphatic carbocycles. The number of nitrogens with zero attached hydrogens (tertiary/aromatic N) is 4.